The molecule has 4 heteroatoms. The van der Waals surface area contributed by atoms with Crippen molar-refractivity contribution in [2.24, 2.45) is 0 Å². The molecule has 0 N–H and O–H groups in total. The fourth-order valence-corrected chi connectivity index (χ4v) is 10.7. The lowest BCUT2D eigenvalue weighted by Crippen LogP contribution is -2.30. The van der Waals surface area contributed by atoms with Crippen LogP contribution in [0.1, 0.15) is 33.4 Å². The summed E-state index contributed by atoms with van der Waals surface area (Å²) in [6, 6.07) is 67.6. The molecule has 0 amide bonds. The van der Waals surface area contributed by atoms with Crippen LogP contribution in [0.2, 0.25) is 0 Å². The molecule has 1 atom stereocenters. The Balaban J connectivity index is 1.11. The summed E-state index contributed by atoms with van der Waals surface area (Å²) in [4.78, 5) is 15.5. The second kappa shape index (κ2) is 12.9. The third-order valence-electron chi connectivity index (χ3n) is 12.0. The molecule has 0 radical (unpaired) electrons. The fraction of sp³-hybridized carbons (Fsp3) is 0.0185. The van der Waals surface area contributed by atoms with Crippen molar-refractivity contribution in [3.05, 3.63) is 221 Å². The quantitative estimate of drug-likeness (QED) is 0.180. The predicted molar refractivity (Wildman–Crippen MR) is 241 cm³/mol. The first-order valence-electron chi connectivity index (χ1n) is 19.7. The number of thiophene rings is 1. The third kappa shape index (κ3) is 4.89. The maximum atomic E-state index is 5.25. The molecule has 2 heterocycles. The molecule has 0 bridgehead atoms. The zero-order chi connectivity index (χ0) is 38.2. The van der Waals surface area contributed by atoms with E-state index in [4.69, 9.17) is 15.0 Å². The molecule has 1 unspecified atom stereocenters. The molecule has 0 aliphatic heterocycles. The summed E-state index contributed by atoms with van der Waals surface area (Å²) >= 11 is 1.90. The second-order valence-corrected chi connectivity index (χ2v) is 16.1. The van der Waals surface area contributed by atoms with Crippen molar-refractivity contribution in [2.45, 2.75) is 5.41 Å². The van der Waals surface area contributed by atoms with Gasteiger partial charge in [0.15, 0.2) is 17.5 Å². The van der Waals surface area contributed by atoms with Gasteiger partial charge in [0.25, 0.3) is 0 Å². The molecule has 58 heavy (non-hydrogen) atoms. The molecule has 1 spiro atoms. The monoisotopic (exact) mass is 755 g/mol. The van der Waals surface area contributed by atoms with Gasteiger partial charge in [-0.05, 0) is 62.2 Å². The van der Waals surface area contributed by atoms with E-state index in [-0.39, 0.29) is 0 Å². The average Bonchev–Trinajstić information content (AvgIpc) is 3.78. The lowest BCUT2D eigenvalue weighted by Gasteiger charge is -2.35. The summed E-state index contributed by atoms with van der Waals surface area (Å²) in [6.45, 7) is 0. The lowest BCUT2D eigenvalue weighted by molar-refractivity contribution is 0.767. The number of hydrogen-bond acceptors (Lipinski definition) is 4. The highest BCUT2D eigenvalue weighted by Gasteiger charge is 2.49. The first-order chi connectivity index (χ1) is 28.7. The van der Waals surface area contributed by atoms with E-state index in [0.29, 0.717) is 17.5 Å². The Morgan fingerprint density at radius 3 is 1.69 bits per heavy atom. The summed E-state index contributed by atoms with van der Waals surface area (Å²) in [5, 5.41) is 2.62. The smallest absolute Gasteiger partial charge is 0.164 e. The van der Waals surface area contributed by atoms with Crippen LogP contribution in [0, 0.1) is 0 Å². The van der Waals surface area contributed by atoms with Gasteiger partial charge >= 0.3 is 0 Å². The average molecular weight is 756 g/mol. The van der Waals surface area contributed by atoms with Gasteiger partial charge in [0.05, 0.1) is 5.41 Å². The number of benzene rings is 8. The Morgan fingerprint density at radius 2 is 0.914 bits per heavy atom. The molecular weight excluding hydrogens is 723 g/mol. The molecule has 0 fully saturated rings. The normalized spacial score (nSPS) is 14.9. The molecule has 2 aliphatic rings. The van der Waals surface area contributed by atoms with Gasteiger partial charge in [0.1, 0.15) is 0 Å². The summed E-state index contributed by atoms with van der Waals surface area (Å²) in [6.07, 6.45) is 4.57. The summed E-state index contributed by atoms with van der Waals surface area (Å²) in [7, 11) is 0. The standard InChI is InChI=1S/C54H33N3S/c1-3-13-34(14-4-1)35-23-28-39(29-24-35)52-55-51(38-16-5-2-6-17-38)56-53(57-52)40-30-27-37-26-25-36-15-7-10-20-44(36)54(47(37)33-40)45-21-11-8-19-43(45)49-46(54)32-31-42-41-18-9-12-22-48(41)58-50(42)49/h1-33H. The summed E-state index contributed by atoms with van der Waals surface area (Å²) < 4.78 is 2.65. The minimum absolute atomic E-state index is 0.590. The van der Waals surface area contributed by atoms with Crippen molar-refractivity contribution in [3.63, 3.8) is 0 Å². The van der Waals surface area contributed by atoms with Crippen molar-refractivity contribution in [3.8, 4) is 56.4 Å². The van der Waals surface area contributed by atoms with Crippen LogP contribution in [-0.4, -0.2) is 15.0 Å². The molecule has 8 aromatic carbocycles. The molecule has 2 aromatic heterocycles. The summed E-state index contributed by atoms with van der Waals surface area (Å²) in [5.74, 6) is 1.93. The SMILES string of the molecule is C1=Cc2ccc(-c3nc(-c4ccccc4)nc(-c4ccc(-c5ccccc5)cc4)n3)cc2C2(c3ccccc31)c1ccccc1-c1c2ccc2c1sc1ccccc12. The van der Waals surface area contributed by atoms with Crippen LogP contribution >= 0.6 is 11.3 Å². The maximum Gasteiger partial charge on any atom is 0.164 e. The lowest BCUT2D eigenvalue weighted by atomic mass is 9.65. The van der Waals surface area contributed by atoms with Crippen molar-refractivity contribution in [1.29, 1.82) is 0 Å². The molecule has 12 rings (SSSR count). The highest BCUT2D eigenvalue weighted by Crippen LogP contribution is 2.61. The van der Waals surface area contributed by atoms with Gasteiger partial charge in [-0.1, -0.05) is 188 Å². The molecule has 3 nitrogen and oxygen atoms in total. The molecular formula is C54H33N3S. The summed E-state index contributed by atoms with van der Waals surface area (Å²) in [5.41, 5.74) is 14.7. The van der Waals surface area contributed by atoms with E-state index in [0.717, 1.165) is 22.3 Å². The molecule has 2 aliphatic carbocycles. The molecule has 0 saturated carbocycles. The van der Waals surface area contributed by atoms with Crippen LogP contribution in [0.3, 0.4) is 0 Å². The topological polar surface area (TPSA) is 38.7 Å². The van der Waals surface area contributed by atoms with E-state index in [1.165, 1.54) is 70.2 Å². The zero-order valence-corrected chi connectivity index (χ0v) is 32.1. The second-order valence-electron chi connectivity index (χ2n) is 15.1. The van der Waals surface area contributed by atoms with Gasteiger partial charge in [-0.15, -0.1) is 11.3 Å². The highest BCUT2D eigenvalue weighted by molar-refractivity contribution is 7.26. The van der Waals surface area contributed by atoms with Crippen LogP contribution in [0.5, 0.6) is 0 Å². The minimum atomic E-state index is -0.590. The number of nitrogens with zero attached hydrogens (tertiary/aromatic N) is 3. The van der Waals surface area contributed by atoms with Crippen molar-refractivity contribution in [2.75, 3.05) is 0 Å². The highest BCUT2D eigenvalue weighted by atomic mass is 32.1. The number of rotatable bonds is 4. The first-order valence-corrected chi connectivity index (χ1v) is 20.5. The van der Waals surface area contributed by atoms with Gasteiger partial charge in [0.2, 0.25) is 0 Å². The maximum absolute atomic E-state index is 5.25. The van der Waals surface area contributed by atoms with Crippen molar-refractivity contribution in [1.82, 2.24) is 15.0 Å². The third-order valence-corrected chi connectivity index (χ3v) is 13.2. The number of aromatic nitrogens is 3. The van der Waals surface area contributed by atoms with Crippen LogP contribution in [0.4, 0.5) is 0 Å². The van der Waals surface area contributed by atoms with E-state index in [1.807, 2.05) is 35.6 Å². The van der Waals surface area contributed by atoms with Gasteiger partial charge < -0.3 is 0 Å². The van der Waals surface area contributed by atoms with Crippen LogP contribution < -0.4 is 0 Å². The minimum Gasteiger partial charge on any atom is -0.208 e. The Hall–Kier alpha value is -7.27. The fourth-order valence-electron chi connectivity index (χ4n) is 9.39. The van der Waals surface area contributed by atoms with E-state index in [2.05, 4.69) is 176 Å². The van der Waals surface area contributed by atoms with Crippen LogP contribution in [-0.2, 0) is 5.41 Å². The van der Waals surface area contributed by atoms with Gasteiger partial charge in [-0.2, -0.15) is 0 Å². The van der Waals surface area contributed by atoms with E-state index >= 15 is 0 Å². The Bertz CT molecular complexity index is 3270. The van der Waals surface area contributed by atoms with E-state index < -0.39 is 5.41 Å². The Morgan fingerprint density at radius 1 is 0.362 bits per heavy atom. The first kappa shape index (κ1) is 32.9. The molecule has 0 saturated heterocycles. The number of hydrogen-bond donors (Lipinski definition) is 0. The van der Waals surface area contributed by atoms with E-state index in [1.54, 1.807) is 0 Å². The predicted octanol–water partition coefficient (Wildman–Crippen LogP) is 13.8. The zero-order valence-electron chi connectivity index (χ0n) is 31.3. The van der Waals surface area contributed by atoms with Crippen LogP contribution in [0.15, 0.2) is 188 Å². The molecule has 270 valence electrons. The van der Waals surface area contributed by atoms with Gasteiger partial charge in [-0.25, -0.2) is 15.0 Å². The van der Waals surface area contributed by atoms with Crippen LogP contribution in [0.25, 0.3) is 88.7 Å². The number of fused-ring (bicyclic) bond motifs is 13. The van der Waals surface area contributed by atoms with Crippen molar-refractivity contribution >= 4 is 43.7 Å². The Labute approximate surface area is 340 Å². The molecule has 10 aromatic rings. The van der Waals surface area contributed by atoms with Gasteiger partial charge in [-0.3, -0.25) is 0 Å². The van der Waals surface area contributed by atoms with E-state index in [9.17, 15) is 0 Å². The Kier molecular flexibility index (Phi) is 7.31. The van der Waals surface area contributed by atoms with Crippen molar-refractivity contribution < 1.29 is 0 Å². The van der Waals surface area contributed by atoms with Gasteiger partial charge in [0, 0.05) is 42.4 Å². The largest absolute Gasteiger partial charge is 0.208 e.